The Bertz CT molecular complexity index is 647. The Balaban J connectivity index is 1.76. The molecule has 2 aromatic carbocycles. The summed E-state index contributed by atoms with van der Waals surface area (Å²) >= 11 is 0. The van der Waals surface area contributed by atoms with Crippen LogP contribution in [0.15, 0.2) is 54.6 Å². The lowest BCUT2D eigenvalue weighted by Crippen LogP contribution is -2.32. The second-order valence-corrected chi connectivity index (χ2v) is 5.01. The van der Waals surface area contributed by atoms with E-state index in [1.54, 1.807) is 0 Å². The third kappa shape index (κ3) is 1.45. The van der Waals surface area contributed by atoms with Crippen LogP contribution in [-0.2, 0) is 21.7 Å². The van der Waals surface area contributed by atoms with E-state index in [4.69, 9.17) is 4.74 Å². The van der Waals surface area contributed by atoms with Crippen molar-refractivity contribution in [2.45, 2.75) is 12.1 Å². The van der Waals surface area contributed by atoms with Crippen LogP contribution in [-0.4, -0.2) is 12.5 Å². The minimum atomic E-state index is -0.675. The number of rotatable bonds is 2. The summed E-state index contributed by atoms with van der Waals surface area (Å²) in [6, 6.07) is 17.9. The van der Waals surface area contributed by atoms with E-state index in [-0.39, 0.29) is 5.91 Å². The Morgan fingerprint density at radius 2 is 1.74 bits per heavy atom. The maximum Gasteiger partial charge on any atom is 0.266 e. The smallest absolute Gasteiger partial charge is 0.266 e. The third-order valence-electron chi connectivity index (χ3n) is 3.84. The number of carbonyl (C=O) groups excluding carboxylic acids is 1. The molecule has 0 unspecified atom stereocenters. The second kappa shape index (κ2) is 3.68. The molecule has 0 radical (unpaired) electrons. The fraction of sp³-hybridized carbons (Fsp3) is 0.188. The van der Waals surface area contributed by atoms with Gasteiger partial charge in [-0.1, -0.05) is 48.5 Å². The molecule has 1 saturated heterocycles. The van der Waals surface area contributed by atoms with Crippen molar-refractivity contribution < 1.29 is 9.53 Å². The Labute approximate surface area is 111 Å². The molecule has 3 heteroatoms. The standard InChI is InChI=1S/C16H13NO2/c18-15-16(11-19-16)13-8-4-5-9-14(13)17(15)10-12-6-2-1-3-7-12/h1-9H,10-11H2/t16-/m0/s1. The minimum absolute atomic E-state index is 0.0672. The number of ether oxygens (including phenoxy) is 1. The van der Waals surface area contributed by atoms with E-state index >= 15 is 0 Å². The second-order valence-electron chi connectivity index (χ2n) is 5.01. The molecule has 1 atom stereocenters. The van der Waals surface area contributed by atoms with Crippen LogP contribution in [0.5, 0.6) is 0 Å². The fourth-order valence-corrected chi connectivity index (χ4v) is 2.77. The highest BCUT2D eigenvalue weighted by Gasteiger charge is 2.61. The zero-order chi connectivity index (χ0) is 12.9. The Morgan fingerprint density at radius 1 is 1.05 bits per heavy atom. The van der Waals surface area contributed by atoms with Crippen molar-refractivity contribution in [2.75, 3.05) is 11.5 Å². The molecular weight excluding hydrogens is 238 g/mol. The van der Waals surface area contributed by atoms with Gasteiger partial charge in [-0.3, -0.25) is 4.79 Å². The zero-order valence-electron chi connectivity index (χ0n) is 10.4. The lowest BCUT2D eigenvalue weighted by molar-refractivity contribution is -0.123. The van der Waals surface area contributed by atoms with E-state index in [9.17, 15) is 4.79 Å². The number of benzene rings is 2. The largest absolute Gasteiger partial charge is 0.354 e. The summed E-state index contributed by atoms with van der Waals surface area (Å²) < 4.78 is 5.47. The third-order valence-corrected chi connectivity index (χ3v) is 3.84. The molecule has 0 N–H and O–H groups in total. The van der Waals surface area contributed by atoms with Gasteiger partial charge in [0.05, 0.1) is 18.8 Å². The molecule has 19 heavy (non-hydrogen) atoms. The normalized spacial score (nSPS) is 23.8. The summed E-state index contributed by atoms with van der Waals surface area (Å²) in [7, 11) is 0. The zero-order valence-corrected chi connectivity index (χ0v) is 10.4. The van der Waals surface area contributed by atoms with Crippen molar-refractivity contribution >= 4 is 11.6 Å². The van der Waals surface area contributed by atoms with Crippen molar-refractivity contribution in [2.24, 2.45) is 0 Å². The first-order valence-electron chi connectivity index (χ1n) is 6.41. The fourth-order valence-electron chi connectivity index (χ4n) is 2.77. The number of carbonyl (C=O) groups is 1. The van der Waals surface area contributed by atoms with Crippen molar-refractivity contribution in [1.82, 2.24) is 0 Å². The number of nitrogens with zero attached hydrogens (tertiary/aromatic N) is 1. The van der Waals surface area contributed by atoms with Crippen LogP contribution in [0.3, 0.4) is 0 Å². The molecular formula is C16H13NO2. The molecule has 2 aliphatic heterocycles. The van der Waals surface area contributed by atoms with Gasteiger partial charge in [-0.2, -0.15) is 0 Å². The topological polar surface area (TPSA) is 32.8 Å². The van der Waals surface area contributed by atoms with Gasteiger partial charge in [0.2, 0.25) is 0 Å². The van der Waals surface area contributed by atoms with Crippen molar-refractivity contribution in [3.8, 4) is 0 Å². The number of epoxide rings is 1. The van der Waals surface area contributed by atoms with Gasteiger partial charge in [0.1, 0.15) is 0 Å². The lowest BCUT2D eigenvalue weighted by atomic mass is 10.0. The van der Waals surface area contributed by atoms with Crippen LogP contribution in [0.1, 0.15) is 11.1 Å². The number of amides is 1. The molecule has 2 aliphatic rings. The SMILES string of the molecule is O=C1N(Cc2ccccc2)c2ccccc2[C@@]12CO2. The Kier molecular flexibility index (Phi) is 2.09. The average Bonchev–Trinajstić information content (AvgIpc) is 3.23. The van der Waals surface area contributed by atoms with Crippen molar-refractivity contribution in [1.29, 1.82) is 0 Å². The summed E-state index contributed by atoms with van der Waals surface area (Å²) in [5.74, 6) is 0.0672. The molecule has 1 amide bonds. The maximum atomic E-state index is 12.6. The predicted octanol–water partition coefficient (Wildman–Crippen LogP) is 2.46. The van der Waals surface area contributed by atoms with Crippen LogP contribution in [0.2, 0.25) is 0 Å². The Morgan fingerprint density at radius 3 is 2.47 bits per heavy atom. The quantitative estimate of drug-likeness (QED) is 0.768. The highest BCUT2D eigenvalue weighted by atomic mass is 16.6. The van der Waals surface area contributed by atoms with Crippen LogP contribution in [0, 0.1) is 0 Å². The molecule has 0 aromatic heterocycles. The summed E-state index contributed by atoms with van der Waals surface area (Å²) in [5, 5.41) is 0. The first kappa shape index (κ1) is 10.8. The molecule has 94 valence electrons. The lowest BCUT2D eigenvalue weighted by Gasteiger charge is -2.17. The monoisotopic (exact) mass is 251 g/mol. The molecule has 1 fully saturated rings. The van der Waals surface area contributed by atoms with Crippen molar-refractivity contribution in [3.63, 3.8) is 0 Å². The average molecular weight is 251 g/mol. The van der Waals surface area contributed by atoms with E-state index in [2.05, 4.69) is 0 Å². The van der Waals surface area contributed by atoms with Gasteiger partial charge in [0.15, 0.2) is 5.60 Å². The summed E-state index contributed by atoms with van der Waals surface area (Å²) in [6.45, 7) is 1.11. The highest BCUT2D eigenvalue weighted by molar-refractivity contribution is 6.08. The predicted molar refractivity (Wildman–Crippen MR) is 71.7 cm³/mol. The van der Waals surface area contributed by atoms with E-state index in [1.807, 2.05) is 59.5 Å². The number of fused-ring (bicyclic) bond motifs is 2. The van der Waals surface area contributed by atoms with Crippen LogP contribution in [0.25, 0.3) is 0 Å². The molecule has 3 nitrogen and oxygen atoms in total. The highest BCUT2D eigenvalue weighted by Crippen LogP contribution is 2.50. The number of hydrogen-bond donors (Lipinski definition) is 0. The van der Waals surface area contributed by atoms with Crippen molar-refractivity contribution in [3.05, 3.63) is 65.7 Å². The van der Waals surface area contributed by atoms with Gasteiger partial charge in [-0.05, 0) is 11.6 Å². The molecule has 2 heterocycles. The molecule has 1 spiro atoms. The molecule has 2 aromatic rings. The van der Waals surface area contributed by atoms with E-state index in [0.717, 1.165) is 16.8 Å². The van der Waals surface area contributed by atoms with Gasteiger partial charge >= 0.3 is 0 Å². The molecule has 0 aliphatic carbocycles. The van der Waals surface area contributed by atoms with E-state index in [0.29, 0.717) is 13.2 Å². The minimum Gasteiger partial charge on any atom is -0.354 e. The maximum absolute atomic E-state index is 12.6. The molecule has 0 bridgehead atoms. The number of para-hydroxylation sites is 1. The molecule has 4 rings (SSSR count). The van der Waals surface area contributed by atoms with Gasteiger partial charge in [-0.15, -0.1) is 0 Å². The first-order valence-corrected chi connectivity index (χ1v) is 6.41. The van der Waals surface area contributed by atoms with E-state index < -0.39 is 5.60 Å². The van der Waals surface area contributed by atoms with Gasteiger partial charge in [0.25, 0.3) is 5.91 Å². The summed E-state index contributed by atoms with van der Waals surface area (Å²) in [4.78, 5) is 14.4. The summed E-state index contributed by atoms with van der Waals surface area (Å²) in [5.41, 5.74) is 2.44. The number of anilines is 1. The van der Waals surface area contributed by atoms with Crippen LogP contribution in [0.4, 0.5) is 5.69 Å². The van der Waals surface area contributed by atoms with Gasteiger partial charge in [-0.25, -0.2) is 0 Å². The van der Waals surface area contributed by atoms with Gasteiger partial charge in [0, 0.05) is 5.56 Å². The number of hydrogen-bond acceptors (Lipinski definition) is 2. The van der Waals surface area contributed by atoms with Crippen LogP contribution >= 0.6 is 0 Å². The van der Waals surface area contributed by atoms with Crippen LogP contribution < -0.4 is 4.90 Å². The summed E-state index contributed by atoms with van der Waals surface area (Å²) in [6.07, 6.45) is 0. The first-order chi connectivity index (χ1) is 9.31. The van der Waals surface area contributed by atoms with Gasteiger partial charge < -0.3 is 9.64 Å². The van der Waals surface area contributed by atoms with E-state index in [1.165, 1.54) is 0 Å². The molecule has 0 saturated carbocycles. The Hall–Kier alpha value is -2.13.